The zero-order valence-corrected chi connectivity index (χ0v) is 12.8. The normalized spacial score (nSPS) is 48.9. The topological polar surface area (TPSA) is 20.3 Å². The molecule has 4 saturated carbocycles. The average molecular weight is 279 g/mol. The standard InChI is InChI=1S/C17H26FNO/c1-15(2)4-3-5-19(15)14(20)16-7-12-6-13(8-16)10-17(18,9-12)11-16/h12-13H,3-11H2,1-2H3/t12-,13-,16?,17?/m1/s1. The molecule has 4 bridgehead atoms. The number of carbonyl (C=O) groups excluding carboxylic acids is 1. The monoisotopic (exact) mass is 279 g/mol. The lowest BCUT2D eigenvalue weighted by Crippen LogP contribution is -2.61. The molecule has 0 aromatic heterocycles. The summed E-state index contributed by atoms with van der Waals surface area (Å²) < 4.78 is 15.0. The highest BCUT2D eigenvalue weighted by Gasteiger charge is 2.62. The van der Waals surface area contributed by atoms with Crippen molar-refractivity contribution in [2.24, 2.45) is 17.3 Å². The van der Waals surface area contributed by atoms with Gasteiger partial charge in [-0.2, -0.15) is 0 Å². The molecule has 0 aromatic carbocycles. The number of hydrogen-bond donors (Lipinski definition) is 0. The van der Waals surface area contributed by atoms with Gasteiger partial charge in [-0.05, 0) is 77.0 Å². The Morgan fingerprint density at radius 3 is 2.30 bits per heavy atom. The van der Waals surface area contributed by atoms with Gasteiger partial charge in [0.2, 0.25) is 5.91 Å². The summed E-state index contributed by atoms with van der Waals surface area (Å²) in [6.07, 6.45) is 7.23. The highest BCUT2D eigenvalue weighted by atomic mass is 19.1. The van der Waals surface area contributed by atoms with Gasteiger partial charge < -0.3 is 4.90 Å². The van der Waals surface area contributed by atoms with Crippen LogP contribution in [-0.4, -0.2) is 28.6 Å². The van der Waals surface area contributed by atoms with Crippen molar-refractivity contribution in [1.82, 2.24) is 4.90 Å². The smallest absolute Gasteiger partial charge is 0.229 e. The van der Waals surface area contributed by atoms with Crippen LogP contribution in [0.4, 0.5) is 4.39 Å². The van der Waals surface area contributed by atoms with Crippen LogP contribution >= 0.6 is 0 Å². The number of carbonyl (C=O) groups is 1. The summed E-state index contributed by atoms with van der Waals surface area (Å²) in [5.74, 6) is 1.22. The van der Waals surface area contributed by atoms with E-state index in [-0.39, 0.29) is 16.9 Å². The molecule has 5 aliphatic rings. The van der Waals surface area contributed by atoms with Crippen molar-refractivity contribution in [2.75, 3.05) is 6.54 Å². The van der Waals surface area contributed by atoms with Crippen LogP contribution < -0.4 is 0 Å². The summed E-state index contributed by atoms with van der Waals surface area (Å²) in [5, 5.41) is 0. The molecule has 5 rings (SSSR count). The molecule has 1 heterocycles. The molecule has 1 saturated heterocycles. The van der Waals surface area contributed by atoms with Crippen molar-refractivity contribution in [3.8, 4) is 0 Å². The molecule has 0 aromatic rings. The fourth-order valence-electron chi connectivity index (χ4n) is 6.17. The maximum absolute atomic E-state index is 15.0. The van der Waals surface area contributed by atoms with E-state index in [1.807, 2.05) is 0 Å². The maximum atomic E-state index is 15.0. The summed E-state index contributed by atoms with van der Waals surface area (Å²) in [4.78, 5) is 15.3. The lowest BCUT2D eigenvalue weighted by atomic mass is 9.48. The molecular formula is C17H26FNO. The van der Waals surface area contributed by atoms with Crippen molar-refractivity contribution in [1.29, 1.82) is 0 Å². The number of amides is 1. The van der Waals surface area contributed by atoms with Crippen LogP contribution in [0.3, 0.4) is 0 Å². The Hall–Kier alpha value is -0.600. The van der Waals surface area contributed by atoms with Crippen molar-refractivity contribution in [2.45, 2.75) is 76.4 Å². The Morgan fingerprint density at radius 2 is 1.80 bits per heavy atom. The minimum Gasteiger partial charge on any atom is -0.337 e. The van der Waals surface area contributed by atoms with Crippen molar-refractivity contribution >= 4 is 5.91 Å². The second kappa shape index (κ2) is 3.78. The van der Waals surface area contributed by atoms with E-state index in [2.05, 4.69) is 18.7 Å². The number of halogens is 1. The Balaban J connectivity index is 1.66. The molecule has 2 atom stereocenters. The van der Waals surface area contributed by atoms with Crippen LogP contribution in [0, 0.1) is 17.3 Å². The van der Waals surface area contributed by atoms with Crippen LogP contribution in [0.2, 0.25) is 0 Å². The second-order valence-electron chi connectivity index (χ2n) is 8.77. The first-order valence-electron chi connectivity index (χ1n) is 8.33. The van der Waals surface area contributed by atoms with E-state index in [4.69, 9.17) is 0 Å². The Morgan fingerprint density at radius 1 is 1.15 bits per heavy atom. The Kier molecular flexibility index (Phi) is 2.47. The molecule has 5 fully saturated rings. The zero-order chi connectivity index (χ0) is 14.2. The quantitative estimate of drug-likeness (QED) is 0.717. The van der Waals surface area contributed by atoms with E-state index >= 15 is 0 Å². The van der Waals surface area contributed by atoms with E-state index in [0.717, 1.165) is 45.1 Å². The molecule has 112 valence electrons. The van der Waals surface area contributed by atoms with Gasteiger partial charge in [-0.1, -0.05) is 0 Å². The van der Waals surface area contributed by atoms with Crippen LogP contribution in [0.15, 0.2) is 0 Å². The van der Waals surface area contributed by atoms with E-state index in [9.17, 15) is 9.18 Å². The molecule has 20 heavy (non-hydrogen) atoms. The second-order valence-corrected chi connectivity index (χ2v) is 8.77. The van der Waals surface area contributed by atoms with E-state index in [0.29, 0.717) is 18.3 Å². The molecule has 0 unspecified atom stereocenters. The van der Waals surface area contributed by atoms with Crippen molar-refractivity contribution in [3.05, 3.63) is 0 Å². The van der Waals surface area contributed by atoms with Gasteiger partial charge in [0.15, 0.2) is 0 Å². The van der Waals surface area contributed by atoms with Crippen molar-refractivity contribution < 1.29 is 9.18 Å². The van der Waals surface area contributed by atoms with Gasteiger partial charge >= 0.3 is 0 Å². The van der Waals surface area contributed by atoms with Crippen LogP contribution in [-0.2, 0) is 4.79 Å². The third-order valence-electron chi connectivity index (χ3n) is 6.59. The zero-order valence-electron chi connectivity index (χ0n) is 12.8. The van der Waals surface area contributed by atoms with Crippen LogP contribution in [0.1, 0.15) is 65.2 Å². The summed E-state index contributed by atoms with van der Waals surface area (Å²) >= 11 is 0. The predicted molar refractivity (Wildman–Crippen MR) is 76.0 cm³/mol. The van der Waals surface area contributed by atoms with Crippen LogP contribution in [0.5, 0.6) is 0 Å². The van der Waals surface area contributed by atoms with Crippen LogP contribution in [0.25, 0.3) is 0 Å². The van der Waals surface area contributed by atoms with E-state index in [1.54, 1.807) is 0 Å². The summed E-state index contributed by atoms with van der Waals surface area (Å²) in [6, 6.07) is 0. The molecule has 1 amide bonds. The molecule has 0 radical (unpaired) electrons. The third-order valence-corrected chi connectivity index (χ3v) is 6.59. The first-order valence-corrected chi connectivity index (χ1v) is 8.33. The van der Waals surface area contributed by atoms with E-state index < -0.39 is 5.67 Å². The summed E-state index contributed by atoms with van der Waals surface area (Å²) in [7, 11) is 0. The Bertz CT molecular complexity index is 444. The van der Waals surface area contributed by atoms with Crippen molar-refractivity contribution in [3.63, 3.8) is 0 Å². The molecule has 2 nitrogen and oxygen atoms in total. The lowest BCUT2D eigenvalue weighted by molar-refractivity contribution is -0.173. The first kappa shape index (κ1) is 13.1. The highest BCUT2D eigenvalue weighted by Crippen LogP contribution is 2.63. The summed E-state index contributed by atoms with van der Waals surface area (Å²) in [5.41, 5.74) is -1.39. The predicted octanol–water partition coefficient (Wildman–Crippen LogP) is 3.70. The molecule has 0 N–H and O–H groups in total. The number of rotatable bonds is 1. The third kappa shape index (κ3) is 1.70. The van der Waals surface area contributed by atoms with Gasteiger partial charge in [0.1, 0.15) is 5.67 Å². The highest BCUT2D eigenvalue weighted by molar-refractivity contribution is 5.84. The molecule has 3 heteroatoms. The molecule has 4 aliphatic carbocycles. The van der Waals surface area contributed by atoms with Gasteiger partial charge in [-0.15, -0.1) is 0 Å². The largest absolute Gasteiger partial charge is 0.337 e. The molecular weight excluding hydrogens is 253 g/mol. The first-order chi connectivity index (χ1) is 9.32. The average Bonchev–Trinajstić information content (AvgIpc) is 2.64. The number of nitrogens with zero attached hydrogens (tertiary/aromatic N) is 1. The van der Waals surface area contributed by atoms with Gasteiger partial charge in [0, 0.05) is 12.1 Å². The minimum atomic E-state index is -1.02. The summed E-state index contributed by atoms with van der Waals surface area (Å²) in [6.45, 7) is 5.22. The molecule has 1 aliphatic heterocycles. The lowest BCUT2D eigenvalue weighted by Gasteiger charge is -2.59. The number of alkyl halides is 1. The van der Waals surface area contributed by atoms with Gasteiger partial charge in [0.05, 0.1) is 5.41 Å². The Labute approximate surface area is 121 Å². The fourth-order valence-corrected chi connectivity index (χ4v) is 6.17. The minimum absolute atomic E-state index is 0.0239. The SMILES string of the molecule is CC1(C)CCCN1C(=O)C12C[C@H]3C[C@@H](CC(F)(C3)C1)C2. The van der Waals surface area contributed by atoms with Gasteiger partial charge in [0.25, 0.3) is 0 Å². The van der Waals surface area contributed by atoms with E-state index in [1.165, 1.54) is 6.42 Å². The van der Waals surface area contributed by atoms with Gasteiger partial charge in [-0.3, -0.25) is 4.79 Å². The number of hydrogen-bond acceptors (Lipinski definition) is 1. The maximum Gasteiger partial charge on any atom is 0.229 e. The number of likely N-dealkylation sites (tertiary alicyclic amines) is 1. The molecule has 0 spiro atoms. The van der Waals surface area contributed by atoms with Gasteiger partial charge in [-0.25, -0.2) is 4.39 Å². The fraction of sp³-hybridized carbons (Fsp3) is 0.941.